The molecule has 0 aliphatic heterocycles. The summed E-state index contributed by atoms with van der Waals surface area (Å²) in [7, 11) is 1.90. The molecule has 17 heavy (non-hydrogen) atoms. The summed E-state index contributed by atoms with van der Waals surface area (Å²) < 4.78 is 1.89. The van der Waals surface area contributed by atoms with Crippen molar-refractivity contribution < 1.29 is 0 Å². The van der Waals surface area contributed by atoms with Crippen LogP contribution in [0.5, 0.6) is 0 Å². The van der Waals surface area contributed by atoms with Gasteiger partial charge >= 0.3 is 0 Å². The average Bonchev–Trinajstić information content (AvgIpc) is 2.63. The van der Waals surface area contributed by atoms with Gasteiger partial charge in [-0.3, -0.25) is 5.14 Å². The normalized spacial score (nSPS) is 12.7. The third kappa shape index (κ3) is 3.80. The first-order chi connectivity index (χ1) is 8.11. The molecule has 8 heteroatoms. The van der Waals surface area contributed by atoms with Crippen LogP contribution in [0.2, 0.25) is 0 Å². The van der Waals surface area contributed by atoms with E-state index in [-0.39, 0.29) is 0 Å². The highest BCUT2D eigenvalue weighted by molar-refractivity contribution is 8.06. The third-order valence-electron chi connectivity index (χ3n) is 2.02. The van der Waals surface area contributed by atoms with Gasteiger partial charge in [-0.2, -0.15) is 0 Å². The Morgan fingerprint density at radius 1 is 1.47 bits per heavy atom. The van der Waals surface area contributed by atoms with Crippen LogP contribution in [0.1, 0.15) is 19.2 Å². The quantitative estimate of drug-likeness (QED) is 0.360. The minimum atomic E-state index is 0.644. The maximum atomic E-state index is 5.75. The molecule has 0 aromatic carbocycles. The summed E-state index contributed by atoms with van der Waals surface area (Å²) in [4.78, 5) is 0.754. The Morgan fingerprint density at radius 3 is 2.71 bits per heavy atom. The molecule has 0 saturated carbocycles. The molecule has 1 heterocycles. The minimum Gasteiger partial charge on any atom is -0.401 e. The molecule has 96 valence electrons. The van der Waals surface area contributed by atoms with Gasteiger partial charge in [-0.25, -0.2) is 0 Å². The van der Waals surface area contributed by atoms with Crippen molar-refractivity contribution in [2.24, 2.45) is 17.9 Å². The molecular formula is C9H16ClN5S2. The molecule has 5 nitrogen and oxygen atoms in total. The second-order valence-electron chi connectivity index (χ2n) is 3.39. The van der Waals surface area contributed by atoms with Crippen LogP contribution in [0.25, 0.3) is 4.91 Å². The number of halogens is 1. The van der Waals surface area contributed by atoms with Crippen LogP contribution >= 0.6 is 35.3 Å². The van der Waals surface area contributed by atoms with Gasteiger partial charge in [0.25, 0.3) is 0 Å². The van der Waals surface area contributed by atoms with Crippen molar-refractivity contribution in [1.82, 2.24) is 14.8 Å². The van der Waals surface area contributed by atoms with E-state index in [1.807, 2.05) is 11.6 Å². The molecule has 4 N–H and O–H groups in total. The fourth-order valence-electron chi connectivity index (χ4n) is 1.18. The zero-order chi connectivity index (χ0) is 12.8. The zero-order valence-corrected chi connectivity index (χ0v) is 12.2. The molecule has 0 aliphatic rings. The van der Waals surface area contributed by atoms with Gasteiger partial charge in [-0.15, -0.1) is 21.8 Å². The summed E-state index contributed by atoms with van der Waals surface area (Å²) >= 11 is 8.34. The summed E-state index contributed by atoms with van der Waals surface area (Å²) in [6.45, 7) is 1.80. The van der Waals surface area contributed by atoms with Crippen molar-refractivity contribution in [3.8, 4) is 0 Å². The first-order valence-corrected chi connectivity index (χ1v) is 7.43. The number of hydrogen-bond acceptors (Lipinski definition) is 6. The van der Waals surface area contributed by atoms with Crippen molar-refractivity contribution >= 4 is 40.2 Å². The van der Waals surface area contributed by atoms with Crippen LogP contribution in [-0.4, -0.2) is 26.4 Å². The van der Waals surface area contributed by atoms with Crippen molar-refractivity contribution in [1.29, 1.82) is 0 Å². The first-order valence-electron chi connectivity index (χ1n) is 5.03. The van der Waals surface area contributed by atoms with Crippen molar-refractivity contribution in [2.45, 2.75) is 18.5 Å². The molecule has 0 spiro atoms. The topological polar surface area (TPSA) is 82.8 Å². The molecule has 0 amide bonds. The Bertz CT molecular complexity index is 400. The van der Waals surface area contributed by atoms with Crippen molar-refractivity contribution in [2.75, 3.05) is 11.6 Å². The lowest BCUT2D eigenvalue weighted by Crippen LogP contribution is -2.04. The Balaban J connectivity index is 2.87. The lowest BCUT2D eigenvalue weighted by Gasteiger charge is -2.06. The number of rotatable bonds is 6. The van der Waals surface area contributed by atoms with Crippen LogP contribution in [0.15, 0.2) is 10.9 Å². The molecule has 0 saturated heterocycles. The minimum absolute atomic E-state index is 0.644. The van der Waals surface area contributed by atoms with E-state index >= 15 is 0 Å². The second-order valence-corrected chi connectivity index (χ2v) is 5.47. The Morgan fingerprint density at radius 2 is 2.18 bits per heavy atom. The summed E-state index contributed by atoms with van der Waals surface area (Å²) in [5.74, 6) is 2.28. The molecule has 0 radical (unpaired) electrons. The van der Waals surface area contributed by atoms with E-state index in [0.29, 0.717) is 17.4 Å². The summed E-state index contributed by atoms with van der Waals surface area (Å²) in [5, 5.41) is 14.6. The number of nitrogens with two attached hydrogens (primary N) is 2. The molecule has 0 bridgehead atoms. The molecule has 0 fully saturated rings. The maximum Gasteiger partial charge on any atom is 0.191 e. The zero-order valence-electron chi connectivity index (χ0n) is 9.81. The van der Waals surface area contributed by atoms with Gasteiger partial charge in [0.1, 0.15) is 0 Å². The SMILES string of the molecule is C/C(N)=C(/SN)c1nnc(SCCCCl)n1C. The summed E-state index contributed by atoms with van der Waals surface area (Å²) in [6, 6.07) is 0. The first kappa shape index (κ1) is 14.7. The highest BCUT2D eigenvalue weighted by Crippen LogP contribution is 2.26. The summed E-state index contributed by atoms with van der Waals surface area (Å²) in [6.07, 6.45) is 0.943. The van der Waals surface area contributed by atoms with E-state index in [9.17, 15) is 0 Å². The number of allylic oxidation sites excluding steroid dienone is 1. The van der Waals surface area contributed by atoms with E-state index in [1.54, 1.807) is 18.7 Å². The van der Waals surface area contributed by atoms with Gasteiger partial charge in [0.05, 0.1) is 4.91 Å². The predicted molar refractivity (Wildman–Crippen MR) is 75.6 cm³/mol. The molecular weight excluding hydrogens is 278 g/mol. The lowest BCUT2D eigenvalue weighted by atomic mass is 10.4. The fraction of sp³-hybridized carbons (Fsp3) is 0.556. The smallest absolute Gasteiger partial charge is 0.191 e. The number of aromatic nitrogens is 3. The second kappa shape index (κ2) is 7.15. The Labute approximate surface area is 114 Å². The Hall–Kier alpha value is -0.370. The summed E-state index contributed by atoms with van der Waals surface area (Å²) in [5.41, 5.74) is 6.40. The van der Waals surface area contributed by atoms with E-state index in [1.165, 1.54) is 0 Å². The molecule has 0 aliphatic carbocycles. The van der Waals surface area contributed by atoms with E-state index < -0.39 is 0 Å². The molecule has 0 atom stereocenters. The molecule has 1 rings (SSSR count). The highest BCUT2D eigenvalue weighted by atomic mass is 35.5. The monoisotopic (exact) mass is 293 g/mol. The molecule has 0 unspecified atom stereocenters. The van der Waals surface area contributed by atoms with Crippen molar-refractivity contribution in [3.05, 3.63) is 11.5 Å². The van der Waals surface area contributed by atoms with Crippen LogP contribution in [-0.2, 0) is 7.05 Å². The predicted octanol–water partition coefficient (Wildman–Crippen LogP) is 1.79. The largest absolute Gasteiger partial charge is 0.401 e. The number of hydrogen-bond donors (Lipinski definition) is 2. The van der Waals surface area contributed by atoms with Gasteiger partial charge < -0.3 is 10.3 Å². The third-order valence-corrected chi connectivity index (χ3v) is 4.14. The average molecular weight is 294 g/mol. The van der Waals surface area contributed by atoms with Gasteiger partial charge in [-0.1, -0.05) is 11.8 Å². The number of alkyl halides is 1. The van der Waals surface area contributed by atoms with Gasteiger partial charge in [-0.05, 0) is 25.3 Å². The van der Waals surface area contributed by atoms with Gasteiger partial charge in [0, 0.05) is 24.4 Å². The Kier molecular flexibility index (Phi) is 6.18. The van der Waals surface area contributed by atoms with Crippen LogP contribution in [0.3, 0.4) is 0 Å². The lowest BCUT2D eigenvalue weighted by molar-refractivity contribution is 0.780. The van der Waals surface area contributed by atoms with Crippen molar-refractivity contribution in [3.63, 3.8) is 0 Å². The van der Waals surface area contributed by atoms with Gasteiger partial charge in [0.2, 0.25) is 0 Å². The number of thioether (sulfide) groups is 1. The van der Waals surface area contributed by atoms with Crippen LogP contribution in [0.4, 0.5) is 0 Å². The highest BCUT2D eigenvalue weighted by Gasteiger charge is 2.14. The van der Waals surface area contributed by atoms with E-state index in [4.69, 9.17) is 22.5 Å². The fourth-order valence-corrected chi connectivity index (χ4v) is 2.79. The van der Waals surface area contributed by atoms with Gasteiger partial charge in [0.15, 0.2) is 11.0 Å². The van der Waals surface area contributed by atoms with Crippen LogP contribution in [0, 0.1) is 0 Å². The maximum absolute atomic E-state index is 5.75. The van der Waals surface area contributed by atoms with Crippen LogP contribution < -0.4 is 10.9 Å². The number of nitrogens with zero attached hydrogens (tertiary/aromatic N) is 3. The standard InChI is InChI=1S/C9H16ClN5S2/c1-6(11)7(17-12)8-13-14-9(15(8)2)16-5-3-4-10/h3-5,11-12H2,1-2H3/b7-6-. The molecule has 1 aromatic rings. The molecule has 1 aromatic heterocycles. The van der Waals surface area contributed by atoms with E-state index in [2.05, 4.69) is 10.2 Å². The van der Waals surface area contributed by atoms with E-state index in [0.717, 1.165) is 34.2 Å².